The minimum absolute atomic E-state index is 0.0152. The summed E-state index contributed by atoms with van der Waals surface area (Å²) >= 11 is 5.88. The lowest BCUT2D eigenvalue weighted by Gasteiger charge is -2.02. The molecule has 3 heterocycles. The van der Waals surface area contributed by atoms with Crippen LogP contribution in [0.25, 0.3) is 23.0 Å². The molecule has 28 heavy (non-hydrogen) atoms. The zero-order valence-corrected chi connectivity index (χ0v) is 15.2. The molecule has 0 bridgehead atoms. The van der Waals surface area contributed by atoms with E-state index in [1.807, 2.05) is 18.2 Å². The van der Waals surface area contributed by atoms with E-state index in [2.05, 4.69) is 10.4 Å². The van der Waals surface area contributed by atoms with Crippen LogP contribution < -0.4 is 11.1 Å². The Labute approximate surface area is 163 Å². The highest BCUT2D eigenvalue weighted by atomic mass is 35.5. The van der Waals surface area contributed by atoms with Crippen molar-refractivity contribution in [3.63, 3.8) is 0 Å². The minimum atomic E-state index is -0.746. The van der Waals surface area contributed by atoms with Crippen molar-refractivity contribution in [1.29, 1.82) is 0 Å². The molecule has 4 aromatic rings. The Balaban J connectivity index is 1.36. The van der Waals surface area contributed by atoms with Crippen LogP contribution in [-0.4, -0.2) is 15.7 Å². The van der Waals surface area contributed by atoms with Gasteiger partial charge in [0.2, 0.25) is 5.91 Å². The van der Waals surface area contributed by atoms with Gasteiger partial charge in [-0.05, 0) is 48.5 Å². The number of halogens is 1. The summed E-state index contributed by atoms with van der Waals surface area (Å²) in [6.45, 7) is -0.113. The number of carbonyl (C=O) groups is 1. The number of carbonyl (C=O) groups excluding carboxylic acids is 1. The summed E-state index contributed by atoms with van der Waals surface area (Å²) in [5.74, 6) is 0.400. The molecule has 0 saturated heterocycles. The average molecular weight is 400 g/mol. The maximum atomic E-state index is 12.1. The summed E-state index contributed by atoms with van der Waals surface area (Å²) in [6.07, 6.45) is 1.43. The molecular weight excluding hydrogens is 386 g/mol. The molecule has 0 aliphatic carbocycles. The third-order valence-electron chi connectivity index (χ3n) is 3.88. The summed E-state index contributed by atoms with van der Waals surface area (Å²) in [5.41, 5.74) is 0.876. The van der Waals surface area contributed by atoms with Gasteiger partial charge in [0.15, 0.2) is 5.76 Å². The summed E-state index contributed by atoms with van der Waals surface area (Å²) in [4.78, 5) is 23.9. The fourth-order valence-electron chi connectivity index (χ4n) is 2.53. The van der Waals surface area contributed by atoms with E-state index in [1.165, 1.54) is 6.26 Å². The second-order valence-corrected chi connectivity index (χ2v) is 6.29. The molecule has 142 valence electrons. The first-order chi connectivity index (χ1) is 13.6. The maximum absolute atomic E-state index is 12.1. The van der Waals surface area contributed by atoms with Gasteiger partial charge in [-0.2, -0.15) is 4.68 Å². The number of furan rings is 2. The Bertz CT molecular complexity index is 1140. The normalized spacial score (nSPS) is 10.9. The van der Waals surface area contributed by atoms with E-state index >= 15 is 0 Å². The fraction of sp³-hybridized carbons (Fsp3) is 0.105. The van der Waals surface area contributed by atoms with Gasteiger partial charge in [-0.25, -0.2) is 4.79 Å². The second-order valence-electron chi connectivity index (χ2n) is 5.86. The molecule has 1 N–H and O–H groups in total. The molecule has 8 nitrogen and oxygen atoms in total. The molecular formula is C19H14ClN3O5. The van der Waals surface area contributed by atoms with Crippen LogP contribution in [0.5, 0.6) is 0 Å². The summed E-state index contributed by atoms with van der Waals surface area (Å²) < 4.78 is 16.7. The molecule has 0 radical (unpaired) electrons. The molecule has 0 unspecified atom stereocenters. The van der Waals surface area contributed by atoms with Crippen molar-refractivity contribution in [2.24, 2.45) is 0 Å². The van der Waals surface area contributed by atoms with Crippen LogP contribution in [0.2, 0.25) is 5.02 Å². The van der Waals surface area contributed by atoms with Crippen molar-refractivity contribution in [2.75, 3.05) is 0 Å². The molecule has 9 heteroatoms. The maximum Gasteiger partial charge on any atom is 0.437 e. The first kappa shape index (κ1) is 17.9. The smallest absolute Gasteiger partial charge is 0.437 e. The van der Waals surface area contributed by atoms with E-state index in [-0.39, 0.29) is 19.0 Å². The quantitative estimate of drug-likeness (QED) is 0.533. The van der Waals surface area contributed by atoms with Crippen LogP contribution in [0.4, 0.5) is 0 Å². The molecule has 0 saturated carbocycles. The molecule has 0 aliphatic heterocycles. The summed E-state index contributed by atoms with van der Waals surface area (Å²) in [7, 11) is 0. The lowest BCUT2D eigenvalue weighted by molar-refractivity contribution is -0.122. The number of nitrogens with zero attached hydrogens (tertiary/aromatic N) is 2. The van der Waals surface area contributed by atoms with E-state index in [0.717, 1.165) is 10.2 Å². The number of aromatic nitrogens is 2. The highest BCUT2D eigenvalue weighted by molar-refractivity contribution is 6.30. The highest BCUT2D eigenvalue weighted by Gasteiger charge is 2.15. The SMILES string of the molecule is O=C(Cn1nc(-c2ccco2)oc1=O)NCc1ccc(-c2ccc(Cl)cc2)o1. The van der Waals surface area contributed by atoms with Gasteiger partial charge in [0.1, 0.15) is 18.1 Å². The molecule has 3 aromatic heterocycles. The lowest BCUT2D eigenvalue weighted by Crippen LogP contribution is -2.31. The zero-order chi connectivity index (χ0) is 19.5. The van der Waals surface area contributed by atoms with Crippen LogP contribution in [0.15, 0.2) is 72.8 Å². The summed E-state index contributed by atoms with van der Waals surface area (Å²) in [6, 6.07) is 14.0. The predicted molar refractivity (Wildman–Crippen MR) is 99.5 cm³/mol. The first-order valence-electron chi connectivity index (χ1n) is 8.32. The molecule has 0 aliphatic rings. The predicted octanol–water partition coefficient (Wildman–Crippen LogP) is 3.33. The first-order valence-corrected chi connectivity index (χ1v) is 8.69. The molecule has 0 atom stereocenters. The Morgan fingerprint density at radius 3 is 2.64 bits per heavy atom. The van der Waals surface area contributed by atoms with Gasteiger partial charge in [-0.15, -0.1) is 5.10 Å². The molecule has 0 fully saturated rings. The summed E-state index contributed by atoms with van der Waals surface area (Å²) in [5, 5.41) is 7.26. The molecule has 1 amide bonds. The van der Waals surface area contributed by atoms with Gasteiger partial charge in [-0.1, -0.05) is 11.6 Å². The van der Waals surface area contributed by atoms with Crippen molar-refractivity contribution >= 4 is 17.5 Å². The van der Waals surface area contributed by atoms with E-state index < -0.39 is 11.7 Å². The second kappa shape index (κ2) is 7.61. The van der Waals surface area contributed by atoms with E-state index in [1.54, 1.807) is 30.3 Å². The number of amides is 1. The number of nitrogens with one attached hydrogen (secondary N) is 1. The third-order valence-corrected chi connectivity index (χ3v) is 4.13. The van der Waals surface area contributed by atoms with Crippen molar-refractivity contribution in [3.05, 3.63) is 76.1 Å². The fourth-order valence-corrected chi connectivity index (χ4v) is 2.65. The highest BCUT2D eigenvalue weighted by Crippen LogP contribution is 2.23. The minimum Gasteiger partial charge on any atom is -0.459 e. The van der Waals surface area contributed by atoms with Crippen LogP contribution in [-0.2, 0) is 17.9 Å². The Kier molecular flexibility index (Phi) is 4.86. The van der Waals surface area contributed by atoms with Gasteiger partial charge in [0.05, 0.1) is 12.8 Å². The molecule has 0 spiro atoms. The number of benzene rings is 1. The van der Waals surface area contributed by atoms with Crippen molar-refractivity contribution in [2.45, 2.75) is 13.1 Å². The van der Waals surface area contributed by atoms with E-state index in [0.29, 0.717) is 22.3 Å². The van der Waals surface area contributed by atoms with Crippen molar-refractivity contribution < 1.29 is 18.0 Å². The average Bonchev–Trinajstić information content (AvgIpc) is 3.42. The number of rotatable bonds is 6. The van der Waals surface area contributed by atoms with Crippen molar-refractivity contribution in [3.8, 4) is 23.0 Å². The Morgan fingerprint density at radius 1 is 1.07 bits per heavy atom. The molecule has 1 aromatic carbocycles. The third kappa shape index (κ3) is 3.91. The van der Waals surface area contributed by atoms with Crippen LogP contribution in [0.3, 0.4) is 0 Å². The number of hydrogen-bond donors (Lipinski definition) is 1. The van der Waals surface area contributed by atoms with E-state index in [9.17, 15) is 9.59 Å². The number of hydrogen-bond acceptors (Lipinski definition) is 6. The van der Waals surface area contributed by atoms with E-state index in [4.69, 9.17) is 24.9 Å². The van der Waals surface area contributed by atoms with Crippen molar-refractivity contribution in [1.82, 2.24) is 15.1 Å². The topological polar surface area (TPSA) is 103 Å². The Hall–Kier alpha value is -3.52. The van der Waals surface area contributed by atoms with Gasteiger partial charge in [0.25, 0.3) is 5.89 Å². The zero-order valence-electron chi connectivity index (χ0n) is 14.4. The van der Waals surface area contributed by atoms with Gasteiger partial charge < -0.3 is 18.6 Å². The Morgan fingerprint density at radius 2 is 1.89 bits per heavy atom. The van der Waals surface area contributed by atoms with Crippen LogP contribution in [0, 0.1) is 0 Å². The molecule has 4 rings (SSSR count). The monoisotopic (exact) mass is 399 g/mol. The van der Waals surface area contributed by atoms with Gasteiger partial charge in [-0.3, -0.25) is 4.79 Å². The van der Waals surface area contributed by atoms with Gasteiger partial charge in [0, 0.05) is 10.6 Å². The van der Waals surface area contributed by atoms with Gasteiger partial charge >= 0.3 is 5.76 Å². The largest absolute Gasteiger partial charge is 0.459 e. The lowest BCUT2D eigenvalue weighted by atomic mass is 10.2. The standard InChI is InChI=1S/C19H14ClN3O5/c20-13-5-3-12(4-6-13)15-8-7-14(27-15)10-21-17(24)11-23-19(25)28-18(22-23)16-2-1-9-26-16/h1-9H,10-11H2,(H,21,24). The van der Waals surface area contributed by atoms with Crippen LogP contribution in [0.1, 0.15) is 5.76 Å². The van der Waals surface area contributed by atoms with Crippen LogP contribution >= 0.6 is 11.6 Å².